The molecule has 0 aromatic heterocycles. The van der Waals surface area contributed by atoms with Crippen molar-refractivity contribution in [1.82, 2.24) is 0 Å². The number of fused-ring (bicyclic) bond motifs is 1. The van der Waals surface area contributed by atoms with E-state index in [1.54, 1.807) is 7.11 Å². The number of benzene rings is 1. The van der Waals surface area contributed by atoms with E-state index >= 15 is 0 Å². The second-order valence-electron chi connectivity index (χ2n) is 7.60. The summed E-state index contributed by atoms with van der Waals surface area (Å²) < 4.78 is 5.58. The van der Waals surface area contributed by atoms with Crippen molar-refractivity contribution in [1.29, 1.82) is 0 Å². The number of carbonyl (C=O) groups excluding carboxylic acids is 1. The maximum Gasteiger partial charge on any atom is 0.227 e. The number of hydrogen-bond acceptors (Lipinski definition) is 2. The van der Waals surface area contributed by atoms with E-state index in [-0.39, 0.29) is 0 Å². The molecule has 0 atom stereocenters. The van der Waals surface area contributed by atoms with Crippen LogP contribution in [0.1, 0.15) is 49.7 Å². The van der Waals surface area contributed by atoms with Gasteiger partial charge in [-0.05, 0) is 80.4 Å². The molecule has 0 saturated heterocycles. The molecule has 0 radical (unpaired) electrons. The van der Waals surface area contributed by atoms with Crippen LogP contribution in [0, 0.1) is 24.7 Å². The Balaban J connectivity index is 1.60. The topological polar surface area (TPSA) is 29.5 Å². The van der Waals surface area contributed by atoms with E-state index in [2.05, 4.69) is 13.0 Å². The Labute approximate surface area is 139 Å². The summed E-state index contributed by atoms with van der Waals surface area (Å²) in [7, 11) is 1.71. The fraction of sp³-hybridized carbons (Fsp3) is 0.650. The fourth-order valence-electron chi connectivity index (χ4n) is 4.35. The van der Waals surface area contributed by atoms with E-state index in [0.717, 1.165) is 49.1 Å². The zero-order chi connectivity index (χ0) is 16.0. The van der Waals surface area contributed by atoms with Crippen LogP contribution in [0.15, 0.2) is 12.1 Å². The van der Waals surface area contributed by atoms with Crippen LogP contribution in [-0.2, 0) is 11.2 Å². The van der Waals surface area contributed by atoms with Crippen LogP contribution in [0.3, 0.4) is 0 Å². The molecule has 0 unspecified atom stereocenters. The molecule has 0 N–H and O–H groups in total. The van der Waals surface area contributed by atoms with E-state index < -0.39 is 0 Å². The third-order valence-corrected chi connectivity index (χ3v) is 5.94. The van der Waals surface area contributed by atoms with Crippen LogP contribution in [0.2, 0.25) is 0 Å². The van der Waals surface area contributed by atoms with Gasteiger partial charge < -0.3 is 9.64 Å². The SMILES string of the molecule is COc1ccc(C)c2c1N(C(=O)CC(C1CC1)C1CC1)CCC2. The lowest BCUT2D eigenvalue weighted by Gasteiger charge is -2.33. The number of nitrogens with zero attached hydrogens (tertiary/aromatic N) is 1. The van der Waals surface area contributed by atoms with E-state index in [0.29, 0.717) is 11.8 Å². The minimum atomic E-state index is 0.318. The lowest BCUT2D eigenvalue weighted by atomic mass is 9.91. The summed E-state index contributed by atoms with van der Waals surface area (Å²) in [5.74, 6) is 3.47. The number of methoxy groups -OCH3 is 1. The molecule has 1 amide bonds. The number of carbonyl (C=O) groups is 1. The van der Waals surface area contributed by atoms with Gasteiger partial charge in [0.1, 0.15) is 5.75 Å². The van der Waals surface area contributed by atoms with Gasteiger partial charge in [0.25, 0.3) is 0 Å². The van der Waals surface area contributed by atoms with Crippen molar-refractivity contribution in [2.45, 2.75) is 51.9 Å². The van der Waals surface area contributed by atoms with Gasteiger partial charge in [0.2, 0.25) is 5.91 Å². The van der Waals surface area contributed by atoms with Crippen molar-refractivity contribution < 1.29 is 9.53 Å². The standard InChI is InChI=1S/C20H27NO2/c1-13-5-10-18(23-2)20-16(13)4-3-11-21(20)19(22)12-17(14-6-7-14)15-8-9-15/h5,10,14-15,17H,3-4,6-9,11-12H2,1-2H3. The highest BCUT2D eigenvalue weighted by molar-refractivity contribution is 5.96. The predicted molar refractivity (Wildman–Crippen MR) is 92.0 cm³/mol. The molecule has 2 saturated carbocycles. The molecule has 0 spiro atoms. The highest BCUT2D eigenvalue weighted by Crippen LogP contribution is 2.51. The summed E-state index contributed by atoms with van der Waals surface area (Å²) >= 11 is 0. The number of aryl methyl sites for hydroxylation is 1. The van der Waals surface area contributed by atoms with Gasteiger partial charge in [-0.25, -0.2) is 0 Å². The van der Waals surface area contributed by atoms with E-state index in [4.69, 9.17) is 4.74 Å². The molecule has 1 heterocycles. The Kier molecular flexibility index (Phi) is 3.82. The number of anilines is 1. The van der Waals surface area contributed by atoms with Crippen LogP contribution in [-0.4, -0.2) is 19.6 Å². The molecule has 1 aromatic carbocycles. The number of hydrogen-bond donors (Lipinski definition) is 0. The van der Waals surface area contributed by atoms with Gasteiger partial charge in [-0.2, -0.15) is 0 Å². The highest BCUT2D eigenvalue weighted by atomic mass is 16.5. The first-order valence-corrected chi connectivity index (χ1v) is 9.16. The molecular formula is C20H27NO2. The van der Waals surface area contributed by atoms with Gasteiger partial charge in [0.15, 0.2) is 0 Å². The molecule has 1 aliphatic heterocycles. The second kappa shape index (κ2) is 5.85. The van der Waals surface area contributed by atoms with Crippen molar-refractivity contribution in [3.8, 4) is 5.75 Å². The van der Waals surface area contributed by atoms with Crippen molar-refractivity contribution in [3.05, 3.63) is 23.3 Å². The zero-order valence-corrected chi connectivity index (χ0v) is 14.3. The molecule has 2 fully saturated rings. The second-order valence-corrected chi connectivity index (χ2v) is 7.60. The van der Waals surface area contributed by atoms with Crippen molar-refractivity contribution in [3.63, 3.8) is 0 Å². The monoisotopic (exact) mass is 313 g/mol. The third-order valence-electron chi connectivity index (χ3n) is 5.94. The van der Waals surface area contributed by atoms with Gasteiger partial charge >= 0.3 is 0 Å². The maximum absolute atomic E-state index is 13.1. The Morgan fingerprint density at radius 3 is 2.57 bits per heavy atom. The van der Waals surface area contributed by atoms with Crippen molar-refractivity contribution in [2.24, 2.45) is 17.8 Å². The Morgan fingerprint density at radius 2 is 1.96 bits per heavy atom. The van der Waals surface area contributed by atoms with Crippen molar-refractivity contribution in [2.75, 3.05) is 18.6 Å². The molecule has 1 aromatic rings. The lowest BCUT2D eigenvalue weighted by molar-refractivity contribution is -0.120. The van der Waals surface area contributed by atoms with Gasteiger partial charge in [-0.15, -0.1) is 0 Å². The molecule has 3 nitrogen and oxygen atoms in total. The summed E-state index contributed by atoms with van der Waals surface area (Å²) in [6.45, 7) is 2.98. The first-order valence-electron chi connectivity index (χ1n) is 9.16. The van der Waals surface area contributed by atoms with Gasteiger partial charge in [0, 0.05) is 13.0 Å². The van der Waals surface area contributed by atoms with E-state index in [1.165, 1.54) is 36.8 Å². The summed E-state index contributed by atoms with van der Waals surface area (Å²) in [4.78, 5) is 15.1. The average molecular weight is 313 g/mol. The number of amides is 1. The maximum atomic E-state index is 13.1. The zero-order valence-electron chi connectivity index (χ0n) is 14.3. The lowest BCUT2D eigenvalue weighted by Crippen LogP contribution is -2.37. The van der Waals surface area contributed by atoms with Gasteiger partial charge in [-0.1, -0.05) is 6.07 Å². The molecule has 0 bridgehead atoms. The molecular weight excluding hydrogens is 286 g/mol. The normalized spacial score (nSPS) is 20.6. The van der Waals surface area contributed by atoms with E-state index in [1.807, 2.05) is 11.0 Å². The largest absolute Gasteiger partial charge is 0.495 e. The van der Waals surface area contributed by atoms with Crippen LogP contribution in [0.5, 0.6) is 5.75 Å². The summed E-state index contributed by atoms with van der Waals surface area (Å²) in [6.07, 6.45) is 8.22. The highest BCUT2D eigenvalue weighted by Gasteiger charge is 2.43. The van der Waals surface area contributed by atoms with E-state index in [9.17, 15) is 4.79 Å². The first kappa shape index (κ1) is 15.0. The summed E-state index contributed by atoms with van der Waals surface area (Å²) in [5.41, 5.74) is 3.63. The Hall–Kier alpha value is -1.51. The van der Waals surface area contributed by atoms with Crippen molar-refractivity contribution >= 4 is 11.6 Å². The number of rotatable bonds is 5. The van der Waals surface area contributed by atoms with Crippen LogP contribution in [0.25, 0.3) is 0 Å². The number of ether oxygens (including phenoxy) is 1. The van der Waals surface area contributed by atoms with Gasteiger partial charge in [0.05, 0.1) is 12.8 Å². The molecule has 23 heavy (non-hydrogen) atoms. The molecule has 3 heteroatoms. The Morgan fingerprint density at radius 1 is 1.26 bits per heavy atom. The van der Waals surface area contributed by atoms with Crippen LogP contribution >= 0.6 is 0 Å². The molecule has 2 aliphatic carbocycles. The smallest absolute Gasteiger partial charge is 0.227 e. The first-order chi connectivity index (χ1) is 11.2. The van der Waals surface area contributed by atoms with Crippen LogP contribution in [0.4, 0.5) is 5.69 Å². The fourth-order valence-corrected chi connectivity index (χ4v) is 4.35. The average Bonchev–Trinajstić information content (AvgIpc) is 3.46. The molecule has 124 valence electrons. The quantitative estimate of drug-likeness (QED) is 0.819. The molecule has 3 aliphatic rings. The third kappa shape index (κ3) is 2.86. The minimum absolute atomic E-state index is 0.318. The minimum Gasteiger partial charge on any atom is -0.495 e. The predicted octanol–water partition coefficient (Wildman–Crippen LogP) is 4.11. The summed E-state index contributed by atoms with van der Waals surface area (Å²) in [5, 5.41) is 0. The van der Waals surface area contributed by atoms with Crippen LogP contribution < -0.4 is 9.64 Å². The summed E-state index contributed by atoms with van der Waals surface area (Å²) in [6, 6.07) is 4.13. The Bertz CT molecular complexity index is 604. The molecule has 4 rings (SSSR count). The van der Waals surface area contributed by atoms with Gasteiger partial charge in [-0.3, -0.25) is 4.79 Å².